The summed E-state index contributed by atoms with van der Waals surface area (Å²) < 4.78 is 0. The van der Waals surface area contributed by atoms with Crippen molar-refractivity contribution in [3.05, 3.63) is 65.5 Å². The number of aliphatic hydroxyl groups is 1. The first-order valence-electron chi connectivity index (χ1n) is 6.36. The fourth-order valence-corrected chi connectivity index (χ4v) is 2.10. The zero-order chi connectivity index (χ0) is 12.8. The maximum absolute atomic E-state index is 10.0. The predicted molar refractivity (Wildman–Crippen MR) is 73.4 cm³/mol. The van der Waals surface area contributed by atoms with Gasteiger partial charge in [-0.05, 0) is 49.4 Å². The first-order chi connectivity index (χ1) is 8.74. The normalized spacial score (nSPS) is 12.3. The number of pyridine rings is 1. The zero-order valence-electron chi connectivity index (χ0n) is 10.7. The van der Waals surface area contributed by atoms with E-state index < -0.39 is 0 Å². The molecule has 18 heavy (non-hydrogen) atoms. The van der Waals surface area contributed by atoms with Gasteiger partial charge in [-0.25, -0.2) is 0 Å². The second-order valence-electron chi connectivity index (χ2n) is 4.74. The molecule has 0 saturated carbocycles. The molecule has 0 bridgehead atoms. The summed E-state index contributed by atoms with van der Waals surface area (Å²) in [5.41, 5.74) is 3.68. The molecule has 1 atom stereocenters. The van der Waals surface area contributed by atoms with Crippen LogP contribution < -0.4 is 0 Å². The van der Waals surface area contributed by atoms with Crippen molar-refractivity contribution in [1.82, 2.24) is 4.98 Å². The van der Waals surface area contributed by atoms with Crippen LogP contribution in [-0.2, 0) is 12.8 Å². The molecule has 0 aliphatic heterocycles. The standard InChI is InChI=1S/C16H19NO/c1-13-3-2-4-15(11-13)12-16(18)6-5-14-7-9-17-10-8-14/h2-4,7-11,16,18H,5-6,12H2,1H3. The number of aryl methyl sites for hydroxylation is 2. The van der Waals surface area contributed by atoms with Gasteiger partial charge in [0.1, 0.15) is 0 Å². The topological polar surface area (TPSA) is 33.1 Å². The summed E-state index contributed by atoms with van der Waals surface area (Å²) in [6, 6.07) is 12.3. The molecule has 1 aromatic carbocycles. The lowest BCUT2D eigenvalue weighted by molar-refractivity contribution is 0.165. The number of benzene rings is 1. The van der Waals surface area contributed by atoms with E-state index in [1.807, 2.05) is 18.2 Å². The molecule has 94 valence electrons. The van der Waals surface area contributed by atoms with Gasteiger partial charge >= 0.3 is 0 Å². The molecule has 0 fully saturated rings. The summed E-state index contributed by atoms with van der Waals surface area (Å²) in [5, 5.41) is 10.0. The van der Waals surface area contributed by atoms with Gasteiger partial charge in [0.25, 0.3) is 0 Å². The molecule has 0 saturated heterocycles. The highest BCUT2D eigenvalue weighted by Crippen LogP contribution is 2.11. The molecular formula is C16H19NO. The van der Waals surface area contributed by atoms with E-state index in [2.05, 4.69) is 30.1 Å². The number of aliphatic hydroxyl groups excluding tert-OH is 1. The van der Waals surface area contributed by atoms with Crippen LogP contribution in [-0.4, -0.2) is 16.2 Å². The highest BCUT2D eigenvalue weighted by atomic mass is 16.3. The van der Waals surface area contributed by atoms with Crippen molar-refractivity contribution in [2.75, 3.05) is 0 Å². The number of aromatic nitrogens is 1. The Labute approximate surface area is 108 Å². The van der Waals surface area contributed by atoms with Crippen molar-refractivity contribution >= 4 is 0 Å². The Morgan fingerprint density at radius 2 is 1.89 bits per heavy atom. The molecule has 0 amide bonds. The maximum Gasteiger partial charge on any atom is 0.0583 e. The van der Waals surface area contributed by atoms with Crippen molar-refractivity contribution in [1.29, 1.82) is 0 Å². The lowest BCUT2D eigenvalue weighted by atomic mass is 10.0. The van der Waals surface area contributed by atoms with Crippen molar-refractivity contribution in [2.45, 2.75) is 32.3 Å². The molecule has 1 N–H and O–H groups in total. The van der Waals surface area contributed by atoms with Crippen LogP contribution in [0.4, 0.5) is 0 Å². The molecular weight excluding hydrogens is 222 g/mol. The lowest BCUT2D eigenvalue weighted by Crippen LogP contribution is -2.11. The van der Waals surface area contributed by atoms with E-state index in [0.29, 0.717) is 0 Å². The summed E-state index contributed by atoms with van der Waals surface area (Å²) in [6.07, 6.45) is 5.73. The van der Waals surface area contributed by atoms with Gasteiger partial charge in [0.05, 0.1) is 6.10 Å². The van der Waals surface area contributed by atoms with E-state index in [0.717, 1.165) is 19.3 Å². The summed E-state index contributed by atoms with van der Waals surface area (Å²) in [7, 11) is 0. The van der Waals surface area contributed by atoms with Crippen molar-refractivity contribution in [2.24, 2.45) is 0 Å². The van der Waals surface area contributed by atoms with Crippen LogP contribution in [0.3, 0.4) is 0 Å². The Bertz CT molecular complexity index is 481. The second kappa shape index (κ2) is 6.31. The van der Waals surface area contributed by atoms with Gasteiger partial charge < -0.3 is 5.11 Å². The van der Waals surface area contributed by atoms with Crippen LogP contribution in [0, 0.1) is 6.92 Å². The summed E-state index contributed by atoms with van der Waals surface area (Å²) >= 11 is 0. The summed E-state index contributed by atoms with van der Waals surface area (Å²) in [6.45, 7) is 2.08. The minimum Gasteiger partial charge on any atom is -0.393 e. The van der Waals surface area contributed by atoms with Gasteiger partial charge in [0, 0.05) is 12.4 Å². The lowest BCUT2D eigenvalue weighted by Gasteiger charge is -2.11. The van der Waals surface area contributed by atoms with Crippen LogP contribution in [0.25, 0.3) is 0 Å². The van der Waals surface area contributed by atoms with Crippen molar-refractivity contribution in [3.63, 3.8) is 0 Å². The highest BCUT2D eigenvalue weighted by Gasteiger charge is 2.06. The number of hydrogen-bond acceptors (Lipinski definition) is 2. The third kappa shape index (κ3) is 3.97. The van der Waals surface area contributed by atoms with Gasteiger partial charge in [0.2, 0.25) is 0 Å². The van der Waals surface area contributed by atoms with E-state index in [-0.39, 0.29) is 6.10 Å². The van der Waals surface area contributed by atoms with Gasteiger partial charge in [-0.1, -0.05) is 29.8 Å². The number of rotatable bonds is 5. The summed E-state index contributed by atoms with van der Waals surface area (Å²) in [5.74, 6) is 0. The molecule has 1 aromatic heterocycles. The largest absolute Gasteiger partial charge is 0.393 e. The van der Waals surface area contributed by atoms with Crippen LogP contribution in [0.1, 0.15) is 23.1 Å². The zero-order valence-corrected chi connectivity index (χ0v) is 10.7. The number of nitrogens with zero attached hydrogens (tertiary/aromatic N) is 1. The molecule has 1 heterocycles. The number of hydrogen-bond donors (Lipinski definition) is 1. The first-order valence-corrected chi connectivity index (χ1v) is 6.36. The molecule has 2 nitrogen and oxygen atoms in total. The first kappa shape index (κ1) is 12.8. The Kier molecular flexibility index (Phi) is 4.48. The highest BCUT2D eigenvalue weighted by molar-refractivity contribution is 5.22. The second-order valence-corrected chi connectivity index (χ2v) is 4.74. The molecule has 2 aromatic rings. The van der Waals surface area contributed by atoms with Crippen LogP contribution >= 0.6 is 0 Å². The third-order valence-electron chi connectivity index (χ3n) is 3.07. The average molecular weight is 241 g/mol. The quantitative estimate of drug-likeness (QED) is 0.873. The Morgan fingerprint density at radius 3 is 2.61 bits per heavy atom. The summed E-state index contributed by atoms with van der Waals surface area (Å²) in [4.78, 5) is 3.99. The van der Waals surface area contributed by atoms with Crippen LogP contribution in [0.5, 0.6) is 0 Å². The third-order valence-corrected chi connectivity index (χ3v) is 3.07. The van der Waals surface area contributed by atoms with E-state index in [1.54, 1.807) is 12.4 Å². The van der Waals surface area contributed by atoms with E-state index >= 15 is 0 Å². The SMILES string of the molecule is Cc1cccc(CC(O)CCc2ccncc2)c1. The molecule has 0 aliphatic rings. The average Bonchev–Trinajstić information content (AvgIpc) is 2.38. The Balaban J connectivity index is 1.84. The molecule has 0 spiro atoms. The molecule has 0 radical (unpaired) electrons. The van der Waals surface area contributed by atoms with Gasteiger partial charge in [0.15, 0.2) is 0 Å². The van der Waals surface area contributed by atoms with Gasteiger partial charge in [-0.3, -0.25) is 4.98 Å². The minimum absolute atomic E-state index is 0.278. The maximum atomic E-state index is 10.0. The Morgan fingerprint density at radius 1 is 1.11 bits per heavy atom. The van der Waals surface area contributed by atoms with Crippen molar-refractivity contribution < 1.29 is 5.11 Å². The Hall–Kier alpha value is -1.67. The van der Waals surface area contributed by atoms with Crippen LogP contribution in [0.2, 0.25) is 0 Å². The molecule has 1 unspecified atom stereocenters. The monoisotopic (exact) mass is 241 g/mol. The molecule has 2 heteroatoms. The van der Waals surface area contributed by atoms with Gasteiger partial charge in [-0.2, -0.15) is 0 Å². The van der Waals surface area contributed by atoms with Crippen molar-refractivity contribution in [3.8, 4) is 0 Å². The minimum atomic E-state index is -0.278. The fourth-order valence-electron chi connectivity index (χ4n) is 2.10. The molecule has 0 aliphatic carbocycles. The van der Waals surface area contributed by atoms with E-state index in [9.17, 15) is 5.11 Å². The van der Waals surface area contributed by atoms with Crippen LogP contribution in [0.15, 0.2) is 48.8 Å². The fraction of sp³-hybridized carbons (Fsp3) is 0.312. The smallest absolute Gasteiger partial charge is 0.0583 e. The van der Waals surface area contributed by atoms with E-state index in [1.165, 1.54) is 16.7 Å². The van der Waals surface area contributed by atoms with Gasteiger partial charge in [-0.15, -0.1) is 0 Å². The predicted octanol–water partition coefficient (Wildman–Crippen LogP) is 2.93. The van der Waals surface area contributed by atoms with E-state index in [4.69, 9.17) is 0 Å². The molecule has 2 rings (SSSR count).